The molecule has 0 aromatic heterocycles. The van der Waals surface area contributed by atoms with E-state index < -0.39 is 0 Å². The molecule has 1 aliphatic heterocycles. The molecular weight excluding hydrogens is 200 g/mol. The van der Waals surface area contributed by atoms with Gasteiger partial charge in [-0.25, -0.2) is 0 Å². The first-order valence-corrected chi connectivity index (χ1v) is 6.87. The summed E-state index contributed by atoms with van der Waals surface area (Å²) in [5, 5.41) is 3.51. The van der Waals surface area contributed by atoms with Crippen LogP contribution in [0.5, 0.6) is 0 Å². The Morgan fingerprint density at radius 2 is 2.12 bits per heavy atom. The Labute approximate surface area is 99.5 Å². The second kappa shape index (κ2) is 6.58. The number of likely N-dealkylation sites (tertiary alicyclic amines) is 1. The molecule has 0 radical (unpaired) electrons. The summed E-state index contributed by atoms with van der Waals surface area (Å²) in [5.74, 6) is 0. The molecule has 3 nitrogen and oxygen atoms in total. The minimum absolute atomic E-state index is 0.782. The van der Waals surface area contributed by atoms with Crippen molar-refractivity contribution >= 4 is 0 Å². The van der Waals surface area contributed by atoms with E-state index >= 15 is 0 Å². The van der Waals surface area contributed by atoms with E-state index in [1.807, 2.05) is 0 Å². The van der Waals surface area contributed by atoms with Crippen molar-refractivity contribution in [3.05, 3.63) is 0 Å². The minimum Gasteiger partial charge on any atom is -0.381 e. The third-order valence-electron chi connectivity index (χ3n) is 3.74. The first-order valence-electron chi connectivity index (χ1n) is 6.87. The summed E-state index contributed by atoms with van der Waals surface area (Å²) < 4.78 is 5.68. The van der Waals surface area contributed by atoms with Gasteiger partial charge in [0.25, 0.3) is 0 Å². The summed E-state index contributed by atoms with van der Waals surface area (Å²) in [6.45, 7) is 4.28. The van der Waals surface area contributed by atoms with Gasteiger partial charge in [-0.2, -0.15) is 0 Å². The van der Waals surface area contributed by atoms with Crippen LogP contribution in [0.15, 0.2) is 0 Å². The monoisotopic (exact) mass is 226 g/mol. The molecule has 0 aromatic rings. The fourth-order valence-electron chi connectivity index (χ4n) is 2.43. The Bertz CT molecular complexity index is 194. The molecule has 1 N–H and O–H groups in total. The number of nitrogens with zero attached hydrogens (tertiary/aromatic N) is 1. The average molecular weight is 226 g/mol. The largest absolute Gasteiger partial charge is 0.381 e. The highest BCUT2D eigenvalue weighted by atomic mass is 16.5. The van der Waals surface area contributed by atoms with E-state index in [1.165, 1.54) is 38.6 Å². The molecule has 2 aliphatic rings. The maximum atomic E-state index is 5.68. The van der Waals surface area contributed by atoms with Gasteiger partial charge in [-0.3, -0.25) is 0 Å². The summed E-state index contributed by atoms with van der Waals surface area (Å²) >= 11 is 0. The highest BCUT2D eigenvalue weighted by Crippen LogP contribution is 2.18. The fourth-order valence-corrected chi connectivity index (χ4v) is 2.43. The van der Waals surface area contributed by atoms with Crippen molar-refractivity contribution in [2.75, 3.05) is 33.4 Å². The Morgan fingerprint density at radius 1 is 1.25 bits per heavy atom. The Hall–Kier alpha value is -0.120. The second-order valence-electron chi connectivity index (χ2n) is 5.26. The van der Waals surface area contributed by atoms with Crippen molar-refractivity contribution in [3.63, 3.8) is 0 Å². The van der Waals surface area contributed by atoms with Crippen LogP contribution in [0.4, 0.5) is 0 Å². The normalized spacial score (nSPS) is 26.4. The van der Waals surface area contributed by atoms with Crippen molar-refractivity contribution < 1.29 is 4.74 Å². The van der Waals surface area contributed by atoms with Crippen LogP contribution in [0.25, 0.3) is 0 Å². The SMILES string of the molecule is CN1CCCC1CCOCCCNC1CC1. The van der Waals surface area contributed by atoms with Crippen LogP contribution in [-0.4, -0.2) is 50.3 Å². The minimum atomic E-state index is 0.782. The van der Waals surface area contributed by atoms with Gasteiger partial charge >= 0.3 is 0 Å². The standard InChI is InChI=1S/C13H26N2O/c1-15-9-2-4-13(15)7-11-16-10-3-8-14-12-5-6-12/h12-14H,2-11H2,1H3. The van der Waals surface area contributed by atoms with Crippen LogP contribution in [0.2, 0.25) is 0 Å². The van der Waals surface area contributed by atoms with E-state index in [0.29, 0.717) is 0 Å². The van der Waals surface area contributed by atoms with Crippen LogP contribution in [0.1, 0.15) is 38.5 Å². The Morgan fingerprint density at radius 3 is 2.81 bits per heavy atom. The average Bonchev–Trinajstić information content (AvgIpc) is 3.01. The third kappa shape index (κ3) is 4.40. The van der Waals surface area contributed by atoms with Gasteiger partial charge in [0.1, 0.15) is 0 Å². The molecule has 94 valence electrons. The number of ether oxygens (including phenoxy) is 1. The van der Waals surface area contributed by atoms with Gasteiger partial charge in [0.15, 0.2) is 0 Å². The Balaban J connectivity index is 1.36. The lowest BCUT2D eigenvalue weighted by atomic mass is 10.1. The number of hydrogen-bond acceptors (Lipinski definition) is 3. The van der Waals surface area contributed by atoms with Crippen LogP contribution in [0, 0.1) is 0 Å². The molecule has 0 spiro atoms. The van der Waals surface area contributed by atoms with Crippen molar-refractivity contribution in [2.45, 2.75) is 50.6 Å². The van der Waals surface area contributed by atoms with E-state index in [0.717, 1.165) is 38.3 Å². The van der Waals surface area contributed by atoms with E-state index in [-0.39, 0.29) is 0 Å². The molecule has 1 saturated carbocycles. The summed E-state index contributed by atoms with van der Waals surface area (Å²) in [6.07, 6.45) is 7.88. The zero-order chi connectivity index (χ0) is 11.2. The quantitative estimate of drug-likeness (QED) is 0.637. The van der Waals surface area contributed by atoms with E-state index in [4.69, 9.17) is 4.74 Å². The molecule has 16 heavy (non-hydrogen) atoms. The van der Waals surface area contributed by atoms with Gasteiger partial charge < -0.3 is 15.0 Å². The van der Waals surface area contributed by atoms with Crippen LogP contribution >= 0.6 is 0 Å². The van der Waals surface area contributed by atoms with Crippen molar-refractivity contribution in [1.29, 1.82) is 0 Å². The summed E-state index contributed by atoms with van der Waals surface area (Å²) in [5.41, 5.74) is 0. The molecule has 1 aliphatic carbocycles. The lowest BCUT2D eigenvalue weighted by Gasteiger charge is -2.18. The van der Waals surface area contributed by atoms with E-state index in [2.05, 4.69) is 17.3 Å². The van der Waals surface area contributed by atoms with E-state index in [9.17, 15) is 0 Å². The maximum absolute atomic E-state index is 5.68. The van der Waals surface area contributed by atoms with Crippen molar-refractivity contribution in [1.82, 2.24) is 10.2 Å². The first kappa shape index (κ1) is 12.3. The molecule has 0 amide bonds. The van der Waals surface area contributed by atoms with Gasteiger partial charge in [0, 0.05) is 25.3 Å². The topological polar surface area (TPSA) is 24.5 Å². The fraction of sp³-hybridized carbons (Fsp3) is 1.00. The highest BCUT2D eigenvalue weighted by Gasteiger charge is 2.20. The molecule has 1 saturated heterocycles. The number of nitrogens with one attached hydrogen (secondary N) is 1. The third-order valence-corrected chi connectivity index (χ3v) is 3.74. The predicted molar refractivity (Wildman–Crippen MR) is 66.7 cm³/mol. The summed E-state index contributed by atoms with van der Waals surface area (Å²) in [7, 11) is 2.23. The first-order chi connectivity index (χ1) is 7.86. The van der Waals surface area contributed by atoms with Gasteiger partial charge in [-0.1, -0.05) is 0 Å². The lowest BCUT2D eigenvalue weighted by molar-refractivity contribution is 0.111. The molecule has 0 bridgehead atoms. The lowest BCUT2D eigenvalue weighted by Crippen LogP contribution is -2.26. The second-order valence-corrected chi connectivity index (χ2v) is 5.26. The Kier molecular flexibility index (Phi) is 5.07. The van der Waals surface area contributed by atoms with Crippen LogP contribution in [0.3, 0.4) is 0 Å². The molecule has 3 heteroatoms. The molecule has 0 aromatic carbocycles. The zero-order valence-corrected chi connectivity index (χ0v) is 10.6. The van der Waals surface area contributed by atoms with Gasteiger partial charge in [0.2, 0.25) is 0 Å². The van der Waals surface area contributed by atoms with Crippen molar-refractivity contribution in [3.8, 4) is 0 Å². The van der Waals surface area contributed by atoms with Crippen LogP contribution < -0.4 is 5.32 Å². The van der Waals surface area contributed by atoms with Crippen molar-refractivity contribution in [2.24, 2.45) is 0 Å². The molecule has 1 unspecified atom stereocenters. The molecule has 1 atom stereocenters. The summed E-state index contributed by atoms with van der Waals surface area (Å²) in [4.78, 5) is 2.47. The van der Waals surface area contributed by atoms with E-state index in [1.54, 1.807) is 0 Å². The number of hydrogen-bond donors (Lipinski definition) is 1. The highest BCUT2D eigenvalue weighted by molar-refractivity contribution is 4.80. The molecule has 2 fully saturated rings. The van der Waals surface area contributed by atoms with Crippen LogP contribution in [-0.2, 0) is 4.74 Å². The van der Waals surface area contributed by atoms with Gasteiger partial charge in [0.05, 0.1) is 0 Å². The zero-order valence-electron chi connectivity index (χ0n) is 10.6. The molecule has 2 rings (SSSR count). The van der Waals surface area contributed by atoms with Gasteiger partial charge in [-0.15, -0.1) is 0 Å². The number of rotatable bonds is 8. The molecular formula is C13H26N2O. The molecule has 1 heterocycles. The predicted octanol–water partition coefficient (Wildman–Crippen LogP) is 1.63. The maximum Gasteiger partial charge on any atom is 0.0480 e. The summed E-state index contributed by atoms with van der Waals surface area (Å²) in [6, 6.07) is 1.62. The smallest absolute Gasteiger partial charge is 0.0480 e. The van der Waals surface area contributed by atoms with Gasteiger partial charge in [-0.05, 0) is 58.7 Å².